The number of carbonyl (C=O) groups excluding carboxylic acids is 2. The smallest absolute Gasteiger partial charge is 0.311 e. The molecule has 0 aliphatic carbocycles. The Kier molecular flexibility index (Phi) is 17.8. The second kappa shape index (κ2) is 21.1. The second-order valence-electron chi connectivity index (χ2n) is 19.4. The van der Waals surface area contributed by atoms with Crippen molar-refractivity contribution in [2.45, 2.75) is 199 Å². The summed E-state index contributed by atoms with van der Waals surface area (Å²) in [5, 5.41) is 72.8. The van der Waals surface area contributed by atoms with Gasteiger partial charge in [-0.3, -0.25) is 14.5 Å². The summed E-state index contributed by atoms with van der Waals surface area (Å²) in [7, 11) is 1.81. The van der Waals surface area contributed by atoms with Gasteiger partial charge >= 0.3 is 5.97 Å². The van der Waals surface area contributed by atoms with E-state index in [1.807, 2.05) is 63.9 Å². The number of hydrogen-bond donors (Lipinski definition) is 7. The molecule has 3 unspecified atom stereocenters. The number of likely N-dealkylation sites (N-methyl/N-ethyl adjacent to an activating group) is 1. The Bertz CT molecular complexity index is 1560. The number of Topliss-reactive ketones (excluding diaryl/α,β-unsaturated/α-hetero) is 1. The maximum atomic E-state index is 14.2. The molecule has 3 aliphatic rings. The monoisotopic (exact) mass is 867 g/mol. The molecule has 3 heterocycles. The summed E-state index contributed by atoms with van der Waals surface area (Å²) in [6.45, 7) is 19.3. The Labute approximate surface area is 363 Å². The maximum Gasteiger partial charge on any atom is 0.311 e. The number of ether oxygens (including phenoxy) is 5. The van der Waals surface area contributed by atoms with E-state index in [0.29, 0.717) is 19.3 Å². The first-order valence-electron chi connectivity index (χ1n) is 22.4. The molecule has 0 aromatic heterocycles. The molecular formula is C46H78N2O13. The van der Waals surface area contributed by atoms with Gasteiger partial charge in [0.05, 0.1) is 54.2 Å². The molecule has 7 N–H and O–H groups in total. The Hall–Kier alpha value is -2.28. The first-order chi connectivity index (χ1) is 28.3. The Morgan fingerprint density at radius 2 is 1.54 bits per heavy atom. The number of esters is 1. The molecule has 15 heteroatoms. The molecule has 61 heavy (non-hydrogen) atoms. The van der Waals surface area contributed by atoms with Crippen molar-refractivity contribution in [3.8, 4) is 0 Å². The predicted octanol–water partition coefficient (Wildman–Crippen LogP) is 3.70. The summed E-state index contributed by atoms with van der Waals surface area (Å²) < 4.78 is 31.7. The van der Waals surface area contributed by atoms with Crippen LogP contribution in [0.1, 0.15) is 113 Å². The van der Waals surface area contributed by atoms with E-state index in [1.54, 1.807) is 27.7 Å². The fourth-order valence-electron chi connectivity index (χ4n) is 9.45. The number of aliphatic hydroxyl groups is 6. The lowest BCUT2D eigenvalue weighted by atomic mass is 9.74. The van der Waals surface area contributed by atoms with Crippen molar-refractivity contribution in [3.63, 3.8) is 0 Å². The van der Waals surface area contributed by atoms with Crippen molar-refractivity contribution in [2.75, 3.05) is 25.5 Å². The number of nitrogens with zero attached hydrogens (tertiary/aromatic N) is 1. The van der Waals surface area contributed by atoms with Crippen molar-refractivity contribution in [1.82, 2.24) is 4.90 Å². The van der Waals surface area contributed by atoms with Gasteiger partial charge in [0.15, 0.2) is 12.6 Å². The molecular weight excluding hydrogens is 789 g/mol. The van der Waals surface area contributed by atoms with Gasteiger partial charge in [-0.25, -0.2) is 0 Å². The van der Waals surface area contributed by atoms with Crippen LogP contribution in [0.15, 0.2) is 24.3 Å². The molecule has 350 valence electrons. The topological polar surface area (TPSA) is 217 Å². The van der Waals surface area contributed by atoms with Crippen LogP contribution in [-0.4, -0.2) is 152 Å². The summed E-state index contributed by atoms with van der Waals surface area (Å²) in [6.07, 6.45) is -9.94. The lowest BCUT2D eigenvalue weighted by Crippen LogP contribution is -2.59. The van der Waals surface area contributed by atoms with Crippen LogP contribution in [0.5, 0.6) is 0 Å². The molecule has 3 saturated heterocycles. The van der Waals surface area contributed by atoms with Gasteiger partial charge in [0.25, 0.3) is 0 Å². The Balaban J connectivity index is 1.68. The van der Waals surface area contributed by atoms with Gasteiger partial charge < -0.3 is 59.6 Å². The second-order valence-corrected chi connectivity index (χ2v) is 19.4. The third-order valence-corrected chi connectivity index (χ3v) is 13.9. The van der Waals surface area contributed by atoms with Crippen molar-refractivity contribution in [2.24, 2.45) is 23.2 Å². The van der Waals surface area contributed by atoms with E-state index in [9.17, 15) is 40.2 Å². The summed E-state index contributed by atoms with van der Waals surface area (Å²) in [5.41, 5.74) is -2.40. The standard InChI is InChI=1S/C46H78N2O13/c1-13-35-46(11,56)40(52)29(7)38(50)26(4)21-45(10,55)36(20-34(28(6)42(54)60-35)59-37-22-44(9,14-2)41(53)30(8)58-37)61-43-39(51)33(19-27(5)57-43)48(12)24-32(49)23-47-31-17-15-25(3)16-18-31/h15-18,26-30,32-37,39-41,43,47,49,51-53,55-56H,13-14,19-24H2,1-12H3/t26-,27-,28-,29+,30+,32?,33+,34+,35-,36-,37?,39-,40-,41+,43?,44-,45-,46-/m1/s1. The molecule has 18 atom stereocenters. The van der Waals surface area contributed by atoms with Crippen molar-refractivity contribution in [1.29, 1.82) is 0 Å². The minimum atomic E-state index is -2.00. The van der Waals surface area contributed by atoms with Gasteiger partial charge in [0.2, 0.25) is 0 Å². The highest BCUT2D eigenvalue weighted by molar-refractivity contribution is 5.83. The average molecular weight is 867 g/mol. The van der Waals surface area contributed by atoms with E-state index >= 15 is 0 Å². The number of anilines is 1. The zero-order valence-corrected chi connectivity index (χ0v) is 38.6. The highest BCUT2D eigenvalue weighted by atomic mass is 16.7. The van der Waals surface area contributed by atoms with E-state index in [-0.39, 0.29) is 32.4 Å². The van der Waals surface area contributed by atoms with Gasteiger partial charge in [-0.15, -0.1) is 0 Å². The molecule has 0 saturated carbocycles. The summed E-state index contributed by atoms with van der Waals surface area (Å²) >= 11 is 0. The fourth-order valence-corrected chi connectivity index (χ4v) is 9.45. The van der Waals surface area contributed by atoms with Gasteiger partial charge in [-0.05, 0) is 86.4 Å². The van der Waals surface area contributed by atoms with Crippen LogP contribution in [0.3, 0.4) is 0 Å². The van der Waals surface area contributed by atoms with E-state index in [1.165, 1.54) is 20.8 Å². The van der Waals surface area contributed by atoms with Crippen LogP contribution < -0.4 is 5.32 Å². The van der Waals surface area contributed by atoms with Gasteiger partial charge in [-0.1, -0.05) is 52.3 Å². The van der Waals surface area contributed by atoms with E-state index < -0.39 is 120 Å². The van der Waals surface area contributed by atoms with E-state index in [2.05, 4.69) is 5.32 Å². The van der Waals surface area contributed by atoms with Crippen LogP contribution in [0.2, 0.25) is 0 Å². The van der Waals surface area contributed by atoms with Crippen LogP contribution in [0.4, 0.5) is 5.69 Å². The zero-order valence-electron chi connectivity index (χ0n) is 38.6. The van der Waals surface area contributed by atoms with E-state index in [0.717, 1.165) is 11.3 Å². The van der Waals surface area contributed by atoms with Crippen LogP contribution in [-0.2, 0) is 33.3 Å². The Morgan fingerprint density at radius 1 is 0.902 bits per heavy atom. The first kappa shape index (κ1) is 51.4. The number of nitrogens with one attached hydrogen (secondary N) is 1. The number of carbonyl (C=O) groups is 2. The molecule has 3 aliphatic heterocycles. The fraction of sp³-hybridized carbons (Fsp3) is 0.826. The normalized spacial score (nSPS) is 42.7. The average Bonchev–Trinajstić information content (AvgIpc) is 3.20. The van der Waals surface area contributed by atoms with Crippen molar-refractivity contribution >= 4 is 17.4 Å². The summed E-state index contributed by atoms with van der Waals surface area (Å²) in [6, 6.07) is 7.33. The number of rotatable bonds is 12. The lowest BCUT2D eigenvalue weighted by Gasteiger charge is -2.47. The summed E-state index contributed by atoms with van der Waals surface area (Å²) in [4.78, 5) is 30.0. The molecule has 1 aromatic rings. The predicted molar refractivity (Wildman–Crippen MR) is 229 cm³/mol. The minimum absolute atomic E-state index is 0.131. The number of hydrogen-bond acceptors (Lipinski definition) is 15. The maximum absolute atomic E-state index is 14.2. The number of ketones is 1. The zero-order chi connectivity index (χ0) is 45.8. The molecule has 0 amide bonds. The molecule has 4 rings (SSSR count). The highest BCUT2D eigenvalue weighted by Gasteiger charge is 2.51. The largest absolute Gasteiger partial charge is 0.459 e. The van der Waals surface area contributed by atoms with Gasteiger partial charge in [-0.2, -0.15) is 0 Å². The Morgan fingerprint density at radius 3 is 2.15 bits per heavy atom. The lowest BCUT2D eigenvalue weighted by molar-refractivity contribution is -0.302. The number of aryl methyl sites for hydroxylation is 1. The number of benzene rings is 1. The number of cyclic esters (lactones) is 1. The molecule has 0 spiro atoms. The third-order valence-electron chi connectivity index (χ3n) is 13.9. The van der Waals surface area contributed by atoms with Crippen LogP contribution in [0, 0.1) is 30.1 Å². The van der Waals surface area contributed by atoms with Crippen LogP contribution in [0.25, 0.3) is 0 Å². The summed E-state index contributed by atoms with van der Waals surface area (Å²) in [5.74, 6) is -4.17. The SMILES string of the molecule is CC[C@H]1OC(=O)[C@H](C)[C@@H](OC2C[C@@](C)(CC)[C@@H](O)[C@H](C)O2)C[C@@H](OC2O[C@H](C)C[C@H](N(C)CC(O)CNc3ccc(C)cc3)[C@H]2O)[C@](C)(O)C[C@@H](C)C(=O)[C@H](C)[C@@H](O)[C@]1(C)O. The van der Waals surface area contributed by atoms with Gasteiger partial charge in [0, 0.05) is 54.9 Å². The highest BCUT2D eigenvalue weighted by Crippen LogP contribution is 2.42. The first-order valence-corrected chi connectivity index (χ1v) is 22.4. The molecule has 0 radical (unpaired) electrons. The minimum Gasteiger partial charge on any atom is -0.459 e. The van der Waals surface area contributed by atoms with Crippen molar-refractivity contribution < 1.29 is 63.9 Å². The molecule has 3 fully saturated rings. The van der Waals surface area contributed by atoms with Gasteiger partial charge in [0.1, 0.15) is 23.6 Å². The van der Waals surface area contributed by atoms with E-state index in [4.69, 9.17) is 23.7 Å². The van der Waals surface area contributed by atoms with Crippen molar-refractivity contribution in [3.05, 3.63) is 29.8 Å². The third kappa shape index (κ3) is 12.5. The molecule has 0 bridgehead atoms. The number of aliphatic hydroxyl groups excluding tert-OH is 4. The quantitative estimate of drug-likeness (QED) is 0.149. The van der Waals surface area contributed by atoms with Crippen LogP contribution >= 0.6 is 0 Å². The molecule has 15 nitrogen and oxygen atoms in total. The molecule has 1 aromatic carbocycles.